The summed E-state index contributed by atoms with van der Waals surface area (Å²) in [5.74, 6) is 0. The third-order valence-corrected chi connectivity index (χ3v) is 14.6. The van der Waals surface area contributed by atoms with Crippen molar-refractivity contribution in [3.63, 3.8) is 0 Å². The predicted molar refractivity (Wildman–Crippen MR) is 279 cm³/mol. The van der Waals surface area contributed by atoms with E-state index in [4.69, 9.17) is 0 Å². The molecule has 11 aromatic carbocycles. The molecule has 2 aliphatic carbocycles. The highest BCUT2D eigenvalue weighted by molar-refractivity contribution is 6.09. The average molecular weight is 852 g/mol. The molecule has 0 N–H and O–H groups in total. The number of nitrogens with zero attached hydrogens (tertiary/aromatic N) is 1. The number of benzene rings is 11. The van der Waals surface area contributed by atoms with Crippen molar-refractivity contribution in [1.29, 1.82) is 0 Å². The molecule has 1 nitrogen and oxygen atoms in total. The Labute approximate surface area is 392 Å². The van der Waals surface area contributed by atoms with E-state index >= 15 is 0 Å². The third kappa shape index (κ3) is 5.75. The standard InChI is InChI=1S/C66H45N/c1-7-23-46(24-8-1)47-39-42-61-58(43-47)59-45-63(56-36-19-20-37-57(56)64(59)66(61,50-29-13-4-14-30-50)51-31-15-5-16-32-51)67(52-33-17-6-18-34-52)53-40-41-55-54-35-21-22-38-60(54)65(62(55)44-53,48-25-9-2-10-26-48)49-27-11-3-12-28-49/h1-45H. The summed E-state index contributed by atoms with van der Waals surface area (Å²) in [6, 6.07) is 101. The van der Waals surface area contributed by atoms with Gasteiger partial charge in [-0.15, -0.1) is 0 Å². The Hall–Kier alpha value is -8.52. The lowest BCUT2D eigenvalue weighted by Crippen LogP contribution is -2.29. The Morgan fingerprint density at radius 3 is 1.34 bits per heavy atom. The van der Waals surface area contributed by atoms with Crippen LogP contribution in [0.2, 0.25) is 0 Å². The van der Waals surface area contributed by atoms with Gasteiger partial charge in [0, 0.05) is 16.8 Å². The maximum Gasteiger partial charge on any atom is 0.0719 e. The second-order valence-electron chi connectivity index (χ2n) is 17.9. The summed E-state index contributed by atoms with van der Waals surface area (Å²) in [5.41, 5.74) is 19.8. The lowest BCUT2D eigenvalue weighted by molar-refractivity contribution is 0.768. The second kappa shape index (κ2) is 15.6. The van der Waals surface area contributed by atoms with Gasteiger partial charge in [-0.05, 0) is 120 Å². The summed E-state index contributed by atoms with van der Waals surface area (Å²) in [7, 11) is 0. The zero-order valence-corrected chi connectivity index (χ0v) is 36.9. The first-order chi connectivity index (χ1) is 33.3. The number of hydrogen-bond donors (Lipinski definition) is 0. The molecule has 0 bridgehead atoms. The van der Waals surface area contributed by atoms with Gasteiger partial charge in [-0.25, -0.2) is 0 Å². The maximum absolute atomic E-state index is 2.51. The molecular formula is C66H45N. The molecule has 0 saturated carbocycles. The van der Waals surface area contributed by atoms with E-state index in [0.717, 1.165) is 17.1 Å². The molecule has 0 unspecified atom stereocenters. The fraction of sp³-hybridized carbons (Fsp3) is 0.0303. The van der Waals surface area contributed by atoms with Crippen molar-refractivity contribution in [2.24, 2.45) is 0 Å². The summed E-state index contributed by atoms with van der Waals surface area (Å²) in [6.45, 7) is 0. The van der Waals surface area contributed by atoms with E-state index in [1.807, 2.05) is 0 Å². The number of para-hydroxylation sites is 1. The van der Waals surface area contributed by atoms with Crippen molar-refractivity contribution in [2.45, 2.75) is 10.8 Å². The molecule has 0 spiro atoms. The van der Waals surface area contributed by atoms with E-state index in [1.54, 1.807) is 0 Å². The summed E-state index contributed by atoms with van der Waals surface area (Å²) in [6.07, 6.45) is 0. The Kier molecular flexibility index (Phi) is 9.05. The minimum absolute atomic E-state index is 0.537. The highest BCUT2D eigenvalue weighted by Crippen LogP contribution is 2.61. The van der Waals surface area contributed by atoms with Crippen molar-refractivity contribution in [1.82, 2.24) is 0 Å². The fourth-order valence-electron chi connectivity index (χ4n) is 11.9. The molecule has 314 valence electrons. The van der Waals surface area contributed by atoms with E-state index in [-0.39, 0.29) is 0 Å². The molecule has 0 heterocycles. The van der Waals surface area contributed by atoms with Gasteiger partial charge in [0.2, 0.25) is 0 Å². The van der Waals surface area contributed by atoms with Crippen molar-refractivity contribution < 1.29 is 0 Å². The number of rotatable bonds is 8. The van der Waals surface area contributed by atoms with Gasteiger partial charge >= 0.3 is 0 Å². The fourth-order valence-corrected chi connectivity index (χ4v) is 11.9. The SMILES string of the molecule is c1ccc(-c2ccc3c(c2)-c2cc(N(c4ccccc4)c4ccc5c(c4)C(c4ccccc4)(c4ccccc4)c4ccccc4-5)c4ccccc4c2C3(c2ccccc2)c2ccccc2)cc1. The monoisotopic (exact) mass is 851 g/mol. The van der Waals surface area contributed by atoms with Crippen molar-refractivity contribution in [2.75, 3.05) is 4.90 Å². The zero-order chi connectivity index (χ0) is 44.4. The third-order valence-electron chi connectivity index (χ3n) is 14.6. The molecule has 11 aromatic rings. The predicted octanol–water partition coefficient (Wildman–Crippen LogP) is 16.7. The zero-order valence-electron chi connectivity index (χ0n) is 36.9. The van der Waals surface area contributed by atoms with Crippen LogP contribution in [-0.2, 0) is 10.8 Å². The molecule has 2 aliphatic rings. The molecule has 0 aromatic heterocycles. The second-order valence-corrected chi connectivity index (χ2v) is 17.9. The van der Waals surface area contributed by atoms with Crippen LogP contribution in [0, 0.1) is 0 Å². The van der Waals surface area contributed by atoms with Gasteiger partial charge in [-0.2, -0.15) is 0 Å². The van der Waals surface area contributed by atoms with Crippen LogP contribution in [0.25, 0.3) is 44.2 Å². The van der Waals surface area contributed by atoms with E-state index in [1.165, 1.54) is 88.7 Å². The minimum atomic E-state index is -0.581. The van der Waals surface area contributed by atoms with Crippen LogP contribution < -0.4 is 4.90 Å². The largest absolute Gasteiger partial charge is 0.310 e. The molecule has 0 atom stereocenters. The first kappa shape index (κ1) is 38.9. The molecule has 0 amide bonds. The Balaban J connectivity index is 1.13. The van der Waals surface area contributed by atoms with Gasteiger partial charge in [0.15, 0.2) is 0 Å². The first-order valence-electron chi connectivity index (χ1n) is 23.3. The van der Waals surface area contributed by atoms with Crippen LogP contribution in [0.4, 0.5) is 17.1 Å². The van der Waals surface area contributed by atoms with Gasteiger partial charge in [-0.1, -0.05) is 237 Å². The molecule has 0 saturated heterocycles. The molecular weight excluding hydrogens is 807 g/mol. The van der Waals surface area contributed by atoms with Crippen molar-refractivity contribution >= 4 is 27.8 Å². The van der Waals surface area contributed by atoms with Crippen molar-refractivity contribution in [3.05, 3.63) is 317 Å². The van der Waals surface area contributed by atoms with Crippen molar-refractivity contribution in [3.8, 4) is 33.4 Å². The van der Waals surface area contributed by atoms with Crippen LogP contribution in [0.3, 0.4) is 0 Å². The molecule has 0 fully saturated rings. The lowest BCUT2D eigenvalue weighted by Gasteiger charge is -2.36. The van der Waals surface area contributed by atoms with Gasteiger partial charge in [0.1, 0.15) is 0 Å². The molecule has 1 heteroatoms. The van der Waals surface area contributed by atoms with Crippen LogP contribution in [0.15, 0.2) is 273 Å². The molecule has 0 aliphatic heterocycles. The van der Waals surface area contributed by atoms with E-state index in [2.05, 4.69) is 278 Å². The Morgan fingerprint density at radius 1 is 0.254 bits per heavy atom. The average Bonchev–Trinajstić information content (AvgIpc) is 3.88. The lowest BCUT2D eigenvalue weighted by atomic mass is 9.66. The number of fused-ring (bicyclic) bond motifs is 8. The highest BCUT2D eigenvalue weighted by atomic mass is 15.1. The minimum Gasteiger partial charge on any atom is -0.310 e. The molecule has 0 radical (unpaired) electrons. The van der Waals surface area contributed by atoms with Crippen LogP contribution >= 0.6 is 0 Å². The summed E-state index contributed by atoms with van der Waals surface area (Å²) < 4.78 is 0. The quantitative estimate of drug-likeness (QED) is 0.147. The van der Waals surface area contributed by atoms with Crippen LogP contribution in [-0.4, -0.2) is 0 Å². The van der Waals surface area contributed by atoms with Gasteiger partial charge in [0.25, 0.3) is 0 Å². The number of hydrogen-bond acceptors (Lipinski definition) is 1. The van der Waals surface area contributed by atoms with E-state index in [0.29, 0.717) is 0 Å². The van der Waals surface area contributed by atoms with Gasteiger partial charge in [0.05, 0.1) is 16.5 Å². The summed E-state index contributed by atoms with van der Waals surface area (Å²) in [5, 5.41) is 2.43. The maximum atomic E-state index is 2.51. The topological polar surface area (TPSA) is 3.24 Å². The Bertz CT molecular complexity index is 3520. The van der Waals surface area contributed by atoms with Crippen LogP contribution in [0.5, 0.6) is 0 Å². The van der Waals surface area contributed by atoms with E-state index < -0.39 is 10.8 Å². The normalized spacial score (nSPS) is 13.6. The highest BCUT2D eigenvalue weighted by Gasteiger charge is 2.49. The van der Waals surface area contributed by atoms with Crippen LogP contribution in [0.1, 0.15) is 44.5 Å². The molecule has 13 rings (SSSR count). The Morgan fingerprint density at radius 2 is 0.731 bits per heavy atom. The van der Waals surface area contributed by atoms with Gasteiger partial charge in [-0.3, -0.25) is 0 Å². The smallest absolute Gasteiger partial charge is 0.0719 e. The first-order valence-corrected chi connectivity index (χ1v) is 23.3. The summed E-state index contributed by atoms with van der Waals surface area (Å²) in [4.78, 5) is 2.51. The summed E-state index contributed by atoms with van der Waals surface area (Å²) >= 11 is 0. The van der Waals surface area contributed by atoms with Gasteiger partial charge < -0.3 is 4.90 Å². The number of anilines is 3. The van der Waals surface area contributed by atoms with E-state index in [9.17, 15) is 0 Å². The molecule has 67 heavy (non-hydrogen) atoms.